The lowest BCUT2D eigenvalue weighted by Gasteiger charge is -2.07. The fraction of sp³-hybridized carbons (Fsp3) is 0.667. The summed E-state index contributed by atoms with van der Waals surface area (Å²) in [6.45, 7) is 3.08. The van der Waals surface area contributed by atoms with E-state index >= 15 is 0 Å². The summed E-state index contributed by atoms with van der Waals surface area (Å²) < 4.78 is 0. The van der Waals surface area contributed by atoms with Crippen molar-refractivity contribution in [3.8, 4) is 0 Å². The maximum atomic E-state index is 9.85. The molecule has 12 heteroatoms. The second-order valence-corrected chi connectivity index (χ2v) is 4.49. The van der Waals surface area contributed by atoms with Crippen molar-refractivity contribution in [2.45, 2.75) is 31.8 Å². The highest BCUT2D eigenvalue weighted by Gasteiger charge is 2.15. The molecule has 0 aliphatic rings. The summed E-state index contributed by atoms with van der Waals surface area (Å²) in [5, 5.41) is 34.0. The first-order valence-electron chi connectivity index (χ1n) is 6.66. The van der Waals surface area contributed by atoms with Gasteiger partial charge in [0.2, 0.25) is 0 Å². The van der Waals surface area contributed by atoms with Crippen molar-refractivity contribution < 1.29 is 39.6 Å². The van der Waals surface area contributed by atoms with Crippen LogP contribution in [0.25, 0.3) is 0 Å². The van der Waals surface area contributed by atoms with Gasteiger partial charge >= 0.3 is 23.9 Å². The highest BCUT2D eigenvalue weighted by atomic mass is 16.4. The van der Waals surface area contributed by atoms with Gasteiger partial charge in [0.25, 0.3) is 0 Å². The van der Waals surface area contributed by atoms with Crippen LogP contribution in [-0.4, -0.2) is 82.0 Å². The van der Waals surface area contributed by atoms with Crippen molar-refractivity contribution in [3.05, 3.63) is 0 Å². The van der Waals surface area contributed by atoms with Crippen LogP contribution >= 0.6 is 0 Å². The van der Waals surface area contributed by atoms with Crippen LogP contribution in [0, 0.1) is 0 Å². The van der Waals surface area contributed by atoms with E-state index in [0.717, 1.165) is 6.54 Å². The minimum atomic E-state index is -1.29. The fourth-order valence-electron chi connectivity index (χ4n) is 0.867. The molecule has 0 aromatic carbocycles. The zero-order chi connectivity index (χ0) is 19.9. The first-order valence-corrected chi connectivity index (χ1v) is 6.66. The number of carbonyl (C=O) groups is 4. The first kappa shape index (κ1) is 26.6. The molecule has 0 aliphatic heterocycles. The third-order valence-corrected chi connectivity index (χ3v) is 1.90. The Morgan fingerprint density at radius 1 is 0.875 bits per heavy atom. The monoisotopic (exact) mass is 354 g/mol. The maximum Gasteiger partial charge on any atom is 0.321 e. The van der Waals surface area contributed by atoms with Crippen molar-refractivity contribution in [1.82, 2.24) is 10.4 Å². The van der Waals surface area contributed by atoms with Gasteiger partial charge < -0.3 is 31.9 Å². The average Bonchev–Trinajstić information content (AvgIpc) is 2.38. The predicted octanol–water partition coefficient (Wildman–Crippen LogP) is -2.18. The van der Waals surface area contributed by atoms with Crippen molar-refractivity contribution >= 4 is 23.9 Å². The lowest BCUT2D eigenvalue weighted by Crippen LogP contribution is -2.32. The van der Waals surface area contributed by atoms with E-state index in [0.29, 0.717) is 0 Å². The SMILES string of the molecule is CCNN(C)C.N[C@@H](CC(=O)O)C(=O)O.N[C@@H](CC(=O)O)C(=O)O. The molecule has 0 saturated heterocycles. The van der Waals surface area contributed by atoms with Crippen molar-refractivity contribution in [2.75, 3.05) is 20.6 Å². The fourth-order valence-corrected chi connectivity index (χ4v) is 0.867. The van der Waals surface area contributed by atoms with Crippen LogP contribution in [0.3, 0.4) is 0 Å². The van der Waals surface area contributed by atoms with E-state index in [1.807, 2.05) is 19.1 Å². The van der Waals surface area contributed by atoms with Crippen LogP contribution < -0.4 is 16.9 Å². The van der Waals surface area contributed by atoms with Gasteiger partial charge in [-0.05, 0) is 0 Å². The van der Waals surface area contributed by atoms with Gasteiger partial charge in [-0.1, -0.05) is 6.92 Å². The molecule has 0 saturated carbocycles. The van der Waals surface area contributed by atoms with Crippen molar-refractivity contribution in [2.24, 2.45) is 11.5 Å². The van der Waals surface area contributed by atoms with Crippen LogP contribution in [0.1, 0.15) is 19.8 Å². The van der Waals surface area contributed by atoms with Gasteiger partial charge in [-0.3, -0.25) is 29.6 Å². The minimum Gasteiger partial charge on any atom is -0.481 e. The molecule has 142 valence electrons. The summed E-state index contributed by atoms with van der Waals surface area (Å²) in [6.07, 6.45) is -1.06. The van der Waals surface area contributed by atoms with E-state index in [1.54, 1.807) is 0 Å². The normalized spacial score (nSPS) is 11.9. The number of rotatable bonds is 8. The highest BCUT2D eigenvalue weighted by Crippen LogP contribution is 1.86. The Morgan fingerprint density at radius 2 is 1.17 bits per heavy atom. The first-order chi connectivity index (χ1) is 10.8. The summed E-state index contributed by atoms with van der Waals surface area (Å²) in [7, 11) is 3.95. The molecule has 0 fully saturated rings. The molecule has 0 aliphatic carbocycles. The van der Waals surface area contributed by atoms with Crippen molar-refractivity contribution in [3.63, 3.8) is 0 Å². The molecule has 0 rings (SSSR count). The largest absolute Gasteiger partial charge is 0.481 e. The molecule has 0 bridgehead atoms. The zero-order valence-electron chi connectivity index (χ0n) is 13.8. The molecular weight excluding hydrogens is 328 g/mol. The van der Waals surface area contributed by atoms with Crippen molar-refractivity contribution in [1.29, 1.82) is 0 Å². The number of carboxylic acids is 4. The number of nitrogens with one attached hydrogen (secondary N) is 1. The van der Waals surface area contributed by atoms with Gasteiger partial charge in [0.15, 0.2) is 0 Å². The Hall–Kier alpha value is -2.28. The molecule has 12 nitrogen and oxygen atoms in total. The van der Waals surface area contributed by atoms with E-state index < -0.39 is 48.8 Å². The highest BCUT2D eigenvalue weighted by molar-refractivity contribution is 5.80. The number of hydrogen-bond donors (Lipinski definition) is 7. The summed E-state index contributed by atoms with van der Waals surface area (Å²) >= 11 is 0. The zero-order valence-corrected chi connectivity index (χ0v) is 13.8. The Morgan fingerprint density at radius 3 is 1.21 bits per heavy atom. The third-order valence-electron chi connectivity index (χ3n) is 1.90. The number of aliphatic carboxylic acids is 4. The van der Waals surface area contributed by atoms with E-state index in [1.165, 1.54) is 0 Å². The second kappa shape index (κ2) is 15.6. The molecule has 9 N–H and O–H groups in total. The molecule has 0 aromatic rings. The molecule has 0 radical (unpaired) electrons. The Kier molecular flexibility index (Phi) is 17.3. The molecule has 2 atom stereocenters. The number of nitrogens with zero attached hydrogens (tertiary/aromatic N) is 1. The second-order valence-electron chi connectivity index (χ2n) is 4.49. The summed E-state index contributed by atoms with van der Waals surface area (Å²) in [5.41, 5.74) is 12.7. The van der Waals surface area contributed by atoms with E-state index in [4.69, 9.17) is 31.9 Å². The molecule has 0 unspecified atom stereocenters. The Labute approximate surface area is 139 Å². The van der Waals surface area contributed by atoms with Crippen LogP contribution in [0.5, 0.6) is 0 Å². The smallest absolute Gasteiger partial charge is 0.321 e. The van der Waals surface area contributed by atoms with E-state index in [9.17, 15) is 19.2 Å². The molecule has 0 spiro atoms. The van der Waals surface area contributed by atoms with Gasteiger partial charge in [0, 0.05) is 20.6 Å². The lowest BCUT2D eigenvalue weighted by atomic mass is 10.2. The summed E-state index contributed by atoms with van der Waals surface area (Å²) in [5.74, 6) is -5.00. The van der Waals surface area contributed by atoms with Gasteiger partial charge in [-0.15, -0.1) is 0 Å². The molecule has 0 aromatic heterocycles. The van der Waals surface area contributed by atoms with E-state index in [-0.39, 0.29) is 0 Å². The molecule has 24 heavy (non-hydrogen) atoms. The van der Waals surface area contributed by atoms with Crippen LogP contribution in [-0.2, 0) is 19.2 Å². The average molecular weight is 354 g/mol. The Balaban J connectivity index is -0.000000282. The number of nitrogens with two attached hydrogens (primary N) is 2. The number of hydrazine groups is 1. The Bertz CT molecular complexity index is 371. The standard InChI is InChI=1S/C4H12N2.2C4H7NO4/c1-4-5-6(2)3;2*5-2(4(8)9)1-3(6)7/h5H,4H2,1-3H3;2*2H,1,5H2,(H,6,7)(H,8,9)/t;2*2-/m.00/s1. The van der Waals surface area contributed by atoms with Gasteiger partial charge in [0.05, 0.1) is 12.8 Å². The van der Waals surface area contributed by atoms with Crippen LogP contribution in [0.4, 0.5) is 0 Å². The lowest BCUT2D eigenvalue weighted by molar-refractivity contribution is -0.144. The van der Waals surface area contributed by atoms with Crippen LogP contribution in [0.15, 0.2) is 0 Å². The van der Waals surface area contributed by atoms with E-state index in [2.05, 4.69) is 12.3 Å². The number of carboxylic acid groups (broad SMARTS) is 4. The van der Waals surface area contributed by atoms with Gasteiger partial charge in [0.1, 0.15) is 12.1 Å². The third kappa shape index (κ3) is 24.7. The number of hydrogen-bond acceptors (Lipinski definition) is 8. The molecular formula is C12H26N4O8. The topological polar surface area (TPSA) is 217 Å². The maximum absolute atomic E-state index is 9.85. The molecule has 0 amide bonds. The van der Waals surface area contributed by atoms with Crippen LogP contribution in [0.2, 0.25) is 0 Å². The van der Waals surface area contributed by atoms with Gasteiger partial charge in [-0.25, -0.2) is 0 Å². The summed E-state index contributed by atoms with van der Waals surface area (Å²) in [4.78, 5) is 39.2. The minimum absolute atomic E-state index is 0.532. The van der Waals surface area contributed by atoms with Gasteiger partial charge in [-0.2, -0.15) is 0 Å². The molecule has 0 heterocycles. The summed E-state index contributed by atoms with van der Waals surface area (Å²) in [6, 6.07) is -2.58. The predicted molar refractivity (Wildman–Crippen MR) is 83.1 cm³/mol. The quantitative estimate of drug-likeness (QED) is 0.231.